The lowest BCUT2D eigenvalue weighted by molar-refractivity contribution is -0.160. The van der Waals surface area contributed by atoms with E-state index >= 15 is 0 Å². The van der Waals surface area contributed by atoms with Crippen molar-refractivity contribution in [2.45, 2.75) is 32.5 Å². The van der Waals surface area contributed by atoms with Gasteiger partial charge in [-0.2, -0.15) is 13.2 Å². The predicted molar refractivity (Wildman–Crippen MR) is 53.0 cm³/mol. The molecule has 0 bridgehead atoms. The minimum atomic E-state index is -4.60. The Bertz CT molecular complexity index is 281. The van der Waals surface area contributed by atoms with E-state index < -0.39 is 30.8 Å². The van der Waals surface area contributed by atoms with E-state index in [4.69, 9.17) is 5.73 Å². The Morgan fingerprint density at radius 1 is 1.41 bits per heavy atom. The number of carbonyl (C=O) groups is 2. The molecule has 0 saturated carbocycles. The van der Waals surface area contributed by atoms with E-state index in [1.54, 1.807) is 13.8 Å². The maximum absolute atomic E-state index is 11.7. The van der Waals surface area contributed by atoms with Crippen LogP contribution in [-0.4, -0.2) is 30.8 Å². The summed E-state index contributed by atoms with van der Waals surface area (Å²) >= 11 is 0. The summed E-state index contributed by atoms with van der Waals surface area (Å²) in [5, 5.41) is 2.00. The first-order valence-electron chi connectivity index (χ1n) is 4.96. The van der Waals surface area contributed by atoms with E-state index in [1.807, 2.05) is 5.32 Å². The zero-order chi connectivity index (χ0) is 13.6. The molecule has 0 radical (unpaired) electrons. The van der Waals surface area contributed by atoms with Crippen LogP contribution in [0.2, 0.25) is 0 Å². The van der Waals surface area contributed by atoms with Gasteiger partial charge in [0.15, 0.2) is 6.61 Å². The predicted octanol–water partition coefficient (Wildman–Crippen LogP) is 1.17. The molecule has 100 valence electrons. The van der Waals surface area contributed by atoms with Crippen LogP contribution < -0.4 is 11.1 Å². The van der Waals surface area contributed by atoms with Gasteiger partial charge in [-0.05, 0) is 5.92 Å². The third-order valence-corrected chi connectivity index (χ3v) is 2.16. The number of alkyl carbamates (subject to hydrolysis) is 1. The topological polar surface area (TPSA) is 81.4 Å². The molecule has 0 aliphatic heterocycles. The molecular weight excluding hydrogens is 241 g/mol. The van der Waals surface area contributed by atoms with E-state index in [2.05, 4.69) is 4.74 Å². The van der Waals surface area contributed by atoms with Gasteiger partial charge in [-0.1, -0.05) is 20.3 Å². The number of hydrogen-bond donors (Lipinski definition) is 2. The molecule has 0 saturated heterocycles. The molecule has 5 nitrogen and oxygen atoms in total. The molecule has 3 N–H and O–H groups in total. The van der Waals surface area contributed by atoms with Crippen LogP contribution in [-0.2, 0) is 9.53 Å². The van der Waals surface area contributed by atoms with Crippen molar-refractivity contribution < 1.29 is 27.5 Å². The average Bonchev–Trinajstić information content (AvgIpc) is 2.20. The summed E-state index contributed by atoms with van der Waals surface area (Å²) in [4.78, 5) is 22.0. The molecule has 17 heavy (non-hydrogen) atoms. The summed E-state index contributed by atoms with van der Waals surface area (Å²) in [6, 6.07) is -1.04. The van der Waals surface area contributed by atoms with Gasteiger partial charge in [-0.25, -0.2) is 4.79 Å². The Morgan fingerprint density at radius 2 is 1.94 bits per heavy atom. The maximum Gasteiger partial charge on any atom is 0.422 e. The van der Waals surface area contributed by atoms with Crippen molar-refractivity contribution in [1.82, 2.24) is 5.32 Å². The zero-order valence-electron chi connectivity index (χ0n) is 9.50. The molecule has 0 aromatic rings. The largest absolute Gasteiger partial charge is 0.440 e. The third kappa shape index (κ3) is 6.64. The highest BCUT2D eigenvalue weighted by molar-refractivity contribution is 5.84. The molecular formula is C9H15F3N2O3. The Kier molecular flexibility index (Phi) is 5.77. The first kappa shape index (κ1) is 15.5. The van der Waals surface area contributed by atoms with Crippen LogP contribution in [0.15, 0.2) is 0 Å². The van der Waals surface area contributed by atoms with Crippen molar-refractivity contribution >= 4 is 12.0 Å². The number of hydrogen-bond acceptors (Lipinski definition) is 3. The number of alkyl halides is 3. The van der Waals surface area contributed by atoms with Gasteiger partial charge in [0, 0.05) is 0 Å². The maximum atomic E-state index is 11.7. The molecule has 0 aromatic heterocycles. The van der Waals surface area contributed by atoms with Gasteiger partial charge in [0.1, 0.15) is 6.04 Å². The van der Waals surface area contributed by atoms with Crippen LogP contribution >= 0.6 is 0 Å². The van der Waals surface area contributed by atoms with Crippen molar-refractivity contribution in [3.63, 3.8) is 0 Å². The van der Waals surface area contributed by atoms with Gasteiger partial charge in [0.25, 0.3) is 0 Å². The number of halogens is 3. The lowest BCUT2D eigenvalue weighted by atomic mass is 9.99. The van der Waals surface area contributed by atoms with Crippen molar-refractivity contribution in [2.24, 2.45) is 11.7 Å². The van der Waals surface area contributed by atoms with Crippen molar-refractivity contribution in [1.29, 1.82) is 0 Å². The minimum Gasteiger partial charge on any atom is -0.440 e. The quantitative estimate of drug-likeness (QED) is 0.774. The first-order chi connectivity index (χ1) is 7.67. The fourth-order valence-corrected chi connectivity index (χ4v) is 1.05. The van der Waals surface area contributed by atoms with Gasteiger partial charge >= 0.3 is 12.3 Å². The second-order valence-corrected chi connectivity index (χ2v) is 3.60. The van der Waals surface area contributed by atoms with Gasteiger partial charge < -0.3 is 15.8 Å². The monoisotopic (exact) mass is 256 g/mol. The Hall–Kier alpha value is -1.47. The van der Waals surface area contributed by atoms with Crippen molar-refractivity contribution in [2.75, 3.05) is 6.61 Å². The van der Waals surface area contributed by atoms with E-state index in [1.165, 1.54) is 0 Å². The SMILES string of the molecule is CCC(C)C(NC(=O)OCC(F)(F)F)C(N)=O. The molecule has 0 aliphatic carbocycles. The molecule has 0 aromatic carbocycles. The van der Waals surface area contributed by atoms with E-state index in [9.17, 15) is 22.8 Å². The lowest BCUT2D eigenvalue weighted by Gasteiger charge is -2.20. The second-order valence-electron chi connectivity index (χ2n) is 3.60. The Morgan fingerprint density at radius 3 is 2.29 bits per heavy atom. The molecule has 0 spiro atoms. The van der Waals surface area contributed by atoms with Gasteiger partial charge in [-0.15, -0.1) is 0 Å². The summed E-state index contributed by atoms with van der Waals surface area (Å²) in [5.41, 5.74) is 5.01. The fourth-order valence-electron chi connectivity index (χ4n) is 1.05. The van der Waals surface area contributed by atoms with Crippen molar-refractivity contribution in [3.8, 4) is 0 Å². The fraction of sp³-hybridized carbons (Fsp3) is 0.778. The number of carbonyl (C=O) groups excluding carboxylic acids is 2. The van der Waals surface area contributed by atoms with Gasteiger partial charge in [-0.3, -0.25) is 4.79 Å². The zero-order valence-corrected chi connectivity index (χ0v) is 9.50. The molecule has 0 rings (SSSR count). The molecule has 2 atom stereocenters. The molecule has 2 unspecified atom stereocenters. The smallest absolute Gasteiger partial charge is 0.422 e. The summed E-state index contributed by atoms with van der Waals surface area (Å²) in [6.07, 6.45) is -5.38. The summed E-state index contributed by atoms with van der Waals surface area (Å²) in [5.74, 6) is -1.10. The highest BCUT2D eigenvalue weighted by Crippen LogP contribution is 2.14. The normalized spacial score (nSPS) is 14.9. The molecule has 0 heterocycles. The lowest BCUT2D eigenvalue weighted by Crippen LogP contribution is -2.48. The number of rotatable bonds is 5. The summed E-state index contributed by atoms with van der Waals surface area (Å²) in [6.45, 7) is 1.69. The summed E-state index contributed by atoms with van der Waals surface area (Å²) < 4.78 is 39.1. The van der Waals surface area contributed by atoms with Crippen LogP contribution in [0.1, 0.15) is 20.3 Å². The van der Waals surface area contributed by atoms with Crippen LogP contribution in [0.25, 0.3) is 0 Å². The minimum absolute atomic E-state index is 0.286. The second kappa shape index (κ2) is 6.31. The van der Waals surface area contributed by atoms with Crippen LogP contribution in [0.4, 0.5) is 18.0 Å². The summed E-state index contributed by atoms with van der Waals surface area (Å²) in [7, 11) is 0. The van der Waals surface area contributed by atoms with E-state index in [-0.39, 0.29) is 5.92 Å². The van der Waals surface area contributed by atoms with E-state index in [0.29, 0.717) is 6.42 Å². The van der Waals surface area contributed by atoms with Crippen LogP contribution in [0, 0.1) is 5.92 Å². The van der Waals surface area contributed by atoms with Crippen LogP contribution in [0.5, 0.6) is 0 Å². The van der Waals surface area contributed by atoms with Gasteiger partial charge in [0.2, 0.25) is 5.91 Å². The number of amides is 2. The number of nitrogens with two attached hydrogens (primary N) is 1. The number of ether oxygens (including phenoxy) is 1. The number of nitrogens with one attached hydrogen (secondary N) is 1. The van der Waals surface area contributed by atoms with E-state index in [0.717, 1.165) is 0 Å². The highest BCUT2D eigenvalue weighted by Gasteiger charge is 2.31. The van der Waals surface area contributed by atoms with Crippen LogP contribution in [0.3, 0.4) is 0 Å². The third-order valence-electron chi connectivity index (χ3n) is 2.16. The average molecular weight is 256 g/mol. The number of primary amides is 1. The van der Waals surface area contributed by atoms with Gasteiger partial charge in [0.05, 0.1) is 0 Å². The molecule has 0 aliphatic rings. The highest BCUT2D eigenvalue weighted by atomic mass is 19.4. The molecule has 2 amide bonds. The van der Waals surface area contributed by atoms with Crippen molar-refractivity contribution in [3.05, 3.63) is 0 Å². The first-order valence-corrected chi connectivity index (χ1v) is 4.96. The molecule has 8 heteroatoms. The standard InChI is InChI=1S/C9H15F3N2O3/c1-3-5(2)6(7(13)15)14-8(16)17-4-9(10,11)12/h5-6H,3-4H2,1-2H3,(H2,13,15)(H,14,16). The molecule has 0 fully saturated rings. The Balaban J connectivity index is 4.28. The Labute approximate surface area is 96.5 Å².